The number of amides is 3. The highest BCUT2D eigenvalue weighted by Crippen LogP contribution is 2.31. The molecule has 0 bridgehead atoms. The van der Waals surface area contributed by atoms with E-state index in [1.165, 1.54) is 6.08 Å². The molecule has 0 atom stereocenters. The molecule has 1 fully saturated rings. The molecule has 30 heavy (non-hydrogen) atoms. The quantitative estimate of drug-likeness (QED) is 0.313. The SMILES string of the molecule is O=C(CN1C(=O)S/C(=C\C=C\c2ccccc2)C1=O)Nc1cc([N+](=O)[O-])ccc1O. The topological polar surface area (TPSA) is 130 Å². The minimum atomic E-state index is -0.783. The van der Waals surface area contributed by atoms with E-state index in [1.54, 1.807) is 12.2 Å². The summed E-state index contributed by atoms with van der Waals surface area (Å²) in [4.78, 5) is 47.8. The first-order valence-corrected chi connectivity index (χ1v) is 9.41. The molecular formula is C20H15N3O6S. The van der Waals surface area contributed by atoms with E-state index in [-0.39, 0.29) is 22.0 Å². The summed E-state index contributed by atoms with van der Waals surface area (Å²) in [5, 5.41) is 22.2. The average molecular weight is 425 g/mol. The monoisotopic (exact) mass is 425 g/mol. The third-order valence-electron chi connectivity index (χ3n) is 3.98. The van der Waals surface area contributed by atoms with Crippen molar-refractivity contribution in [3.8, 4) is 5.75 Å². The number of phenols is 1. The Morgan fingerprint density at radius 3 is 2.63 bits per heavy atom. The number of non-ortho nitro benzene ring substituents is 1. The van der Waals surface area contributed by atoms with Crippen molar-refractivity contribution >= 4 is 46.3 Å². The summed E-state index contributed by atoms with van der Waals surface area (Å²) < 4.78 is 0. The molecule has 1 aliphatic heterocycles. The summed E-state index contributed by atoms with van der Waals surface area (Å²) >= 11 is 0.703. The Bertz CT molecular complexity index is 1080. The number of rotatable bonds is 6. The van der Waals surface area contributed by atoms with Gasteiger partial charge < -0.3 is 10.4 Å². The molecule has 0 saturated carbocycles. The van der Waals surface area contributed by atoms with Gasteiger partial charge in [-0.05, 0) is 29.5 Å². The predicted molar refractivity (Wildman–Crippen MR) is 112 cm³/mol. The fraction of sp³-hybridized carbons (Fsp3) is 0.0500. The number of benzene rings is 2. The number of imide groups is 1. The molecule has 152 valence electrons. The second-order valence-electron chi connectivity index (χ2n) is 6.07. The number of hydrogen-bond donors (Lipinski definition) is 2. The summed E-state index contributed by atoms with van der Waals surface area (Å²) in [6.45, 7) is -0.591. The first kappa shape index (κ1) is 20.8. The molecule has 0 aliphatic carbocycles. The number of anilines is 1. The molecule has 0 unspecified atom stereocenters. The molecule has 0 spiro atoms. The fourth-order valence-corrected chi connectivity index (χ4v) is 3.32. The summed E-state index contributed by atoms with van der Waals surface area (Å²) in [5.74, 6) is -1.79. The number of phenolic OH excluding ortho intramolecular Hbond substituents is 1. The number of carbonyl (C=O) groups is 3. The molecule has 2 aromatic rings. The maximum atomic E-state index is 12.4. The molecule has 0 radical (unpaired) electrons. The Balaban J connectivity index is 1.66. The second-order valence-corrected chi connectivity index (χ2v) is 7.06. The maximum absolute atomic E-state index is 12.4. The van der Waals surface area contributed by atoms with E-state index < -0.39 is 28.5 Å². The first-order valence-electron chi connectivity index (χ1n) is 8.59. The lowest BCUT2D eigenvalue weighted by Gasteiger charge is -2.13. The van der Waals surface area contributed by atoms with Gasteiger partial charge in [0.05, 0.1) is 15.5 Å². The minimum Gasteiger partial charge on any atom is -0.506 e. The Kier molecular flexibility index (Phi) is 6.28. The zero-order valence-electron chi connectivity index (χ0n) is 15.3. The zero-order chi connectivity index (χ0) is 21.7. The van der Waals surface area contributed by atoms with Crippen molar-refractivity contribution in [2.45, 2.75) is 0 Å². The highest BCUT2D eigenvalue weighted by molar-refractivity contribution is 8.18. The standard InChI is InChI=1S/C20H15N3O6S/c24-16-10-9-14(23(28)29)11-15(16)21-18(25)12-22-19(26)17(30-20(22)27)8-4-7-13-5-2-1-3-6-13/h1-11,24H,12H2,(H,21,25)/b7-4+,17-8-. The molecule has 3 amide bonds. The van der Waals surface area contributed by atoms with Crippen LogP contribution in [-0.4, -0.2) is 38.5 Å². The number of nitrogens with zero attached hydrogens (tertiary/aromatic N) is 2. The minimum absolute atomic E-state index is 0.165. The van der Waals surface area contributed by atoms with Crippen molar-refractivity contribution in [1.29, 1.82) is 0 Å². The molecule has 2 N–H and O–H groups in total. The highest BCUT2D eigenvalue weighted by Gasteiger charge is 2.36. The molecular weight excluding hydrogens is 410 g/mol. The van der Waals surface area contributed by atoms with Gasteiger partial charge in [0.2, 0.25) is 5.91 Å². The van der Waals surface area contributed by atoms with Gasteiger partial charge in [0.1, 0.15) is 12.3 Å². The number of carbonyl (C=O) groups excluding carboxylic acids is 3. The second kappa shape index (κ2) is 9.05. The van der Waals surface area contributed by atoms with E-state index in [9.17, 15) is 29.6 Å². The fourth-order valence-electron chi connectivity index (χ4n) is 2.53. The van der Waals surface area contributed by atoms with Gasteiger partial charge in [0.15, 0.2) is 0 Å². The van der Waals surface area contributed by atoms with Crippen molar-refractivity contribution < 1.29 is 24.4 Å². The Hall–Kier alpha value is -3.92. The van der Waals surface area contributed by atoms with Crippen LogP contribution in [0.4, 0.5) is 16.2 Å². The van der Waals surface area contributed by atoms with Gasteiger partial charge in [0, 0.05) is 12.1 Å². The number of hydrogen-bond acceptors (Lipinski definition) is 7. The van der Waals surface area contributed by atoms with Crippen molar-refractivity contribution in [2.75, 3.05) is 11.9 Å². The lowest BCUT2D eigenvalue weighted by atomic mass is 10.2. The van der Waals surface area contributed by atoms with Gasteiger partial charge >= 0.3 is 0 Å². The van der Waals surface area contributed by atoms with E-state index in [2.05, 4.69) is 5.32 Å². The summed E-state index contributed by atoms with van der Waals surface area (Å²) in [7, 11) is 0. The Morgan fingerprint density at radius 2 is 1.93 bits per heavy atom. The Labute approximate surface area is 174 Å². The molecule has 9 nitrogen and oxygen atoms in total. The van der Waals surface area contributed by atoms with Gasteiger partial charge in [-0.1, -0.05) is 42.5 Å². The van der Waals surface area contributed by atoms with E-state index in [4.69, 9.17) is 0 Å². The maximum Gasteiger partial charge on any atom is 0.294 e. The number of allylic oxidation sites excluding steroid dienone is 2. The molecule has 1 heterocycles. The van der Waals surface area contributed by atoms with E-state index in [0.717, 1.165) is 28.7 Å². The van der Waals surface area contributed by atoms with Crippen LogP contribution in [0, 0.1) is 10.1 Å². The lowest BCUT2D eigenvalue weighted by molar-refractivity contribution is -0.384. The van der Waals surface area contributed by atoms with Gasteiger partial charge in [-0.15, -0.1) is 0 Å². The lowest BCUT2D eigenvalue weighted by Crippen LogP contribution is -2.36. The number of nitro benzene ring substituents is 1. The number of aromatic hydroxyl groups is 1. The third-order valence-corrected chi connectivity index (χ3v) is 4.90. The van der Waals surface area contributed by atoms with E-state index >= 15 is 0 Å². The third kappa shape index (κ3) is 4.92. The van der Waals surface area contributed by atoms with Gasteiger partial charge in [-0.2, -0.15) is 0 Å². The van der Waals surface area contributed by atoms with E-state index in [0.29, 0.717) is 11.8 Å². The van der Waals surface area contributed by atoms with Crippen molar-refractivity contribution in [1.82, 2.24) is 4.90 Å². The van der Waals surface area contributed by atoms with Crippen LogP contribution in [0.1, 0.15) is 5.56 Å². The van der Waals surface area contributed by atoms with Crippen LogP contribution in [0.2, 0.25) is 0 Å². The van der Waals surface area contributed by atoms with Crippen LogP contribution in [0.3, 0.4) is 0 Å². The largest absolute Gasteiger partial charge is 0.506 e. The molecule has 1 saturated heterocycles. The number of nitrogens with one attached hydrogen (secondary N) is 1. The van der Waals surface area contributed by atoms with Crippen molar-refractivity contribution in [2.24, 2.45) is 0 Å². The predicted octanol–water partition coefficient (Wildman–Crippen LogP) is 3.53. The number of nitro groups is 1. The van der Waals surface area contributed by atoms with Crippen LogP contribution < -0.4 is 5.32 Å². The Morgan fingerprint density at radius 1 is 1.20 bits per heavy atom. The normalized spacial score (nSPS) is 15.2. The van der Waals surface area contributed by atoms with Crippen LogP contribution in [-0.2, 0) is 9.59 Å². The van der Waals surface area contributed by atoms with Crippen molar-refractivity contribution in [3.63, 3.8) is 0 Å². The number of thioether (sulfide) groups is 1. The average Bonchev–Trinajstić information content (AvgIpc) is 2.98. The molecule has 3 rings (SSSR count). The van der Waals surface area contributed by atoms with Crippen molar-refractivity contribution in [3.05, 3.63) is 81.3 Å². The van der Waals surface area contributed by atoms with Crippen LogP contribution >= 0.6 is 11.8 Å². The van der Waals surface area contributed by atoms with E-state index in [1.807, 2.05) is 30.3 Å². The smallest absolute Gasteiger partial charge is 0.294 e. The zero-order valence-corrected chi connectivity index (χ0v) is 16.2. The summed E-state index contributed by atoms with van der Waals surface area (Å²) in [5.41, 5.74) is 0.397. The molecule has 10 heteroatoms. The first-order chi connectivity index (χ1) is 14.3. The summed E-state index contributed by atoms with van der Waals surface area (Å²) in [6, 6.07) is 12.5. The van der Waals surface area contributed by atoms with Crippen LogP contribution in [0.5, 0.6) is 5.75 Å². The molecule has 0 aromatic heterocycles. The van der Waals surface area contributed by atoms with Gasteiger partial charge in [0.25, 0.3) is 16.8 Å². The molecule has 2 aromatic carbocycles. The highest BCUT2D eigenvalue weighted by atomic mass is 32.2. The van der Waals surface area contributed by atoms with Gasteiger partial charge in [-0.3, -0.25) is 29.4 Å². The van der Waals surface area contributed by atoms with Crippen LogP contribution in [0.15, 0.2) is 65.6 Å². The van der Waals surface area contributed by atoms with Crippen LogP contribution in [0.25, 0.3) is 6.08 Å². The summed E-state index contributed by atoms with van der Waals surface area (Å²) in [6.07, 6.45) is 4.89. The molecule has 1 aliphatic rings. The van der Waals surface area contributed by atoms with Gasteiger partial charge in [-0.25, -0.2) is 0 Å².